The van der Waals surface area contributed by atoms with Crippen molar-refractivity contribution in [2.75, 3.05) is 4.90 Å². The number of anilines is 1. The van der Waals surface area contributed by atoms with Gasteiger partial charge in [0.05, 0.1) is 18.3 Å². The van der Waals surface area contributed by atoms with Crippen LogP contribution in [0.4, 0.5) is 5.69 Å². The molecule has 0 radical (unpaired) electrons. The minimum Gasteiger partial charge on any atom is -0.491 e. The molecule has 0 saturated heterocycles. The number of benzene rings is 2. The third kappa shape index (κ3) is 4.08. The molecule has 0 aliphatic carbocycles. The zero-order valence-electron chi connectivity index (χ0n) is 19.2. The van der Waals surface area contributed by atoms with E-state index >= 15 is 0 Å². The Morgan fingerprint density at radius 3 is 2.45 bits per heavy atom. The fourth-order valence-electron chi connectivity index (χ4n) is 4.01. The lowest BCUT2D eigenvalue weighted by Crippen LogP contribution is -2.48. The molecular formula is C24H26N4O4S. The molecule has 0 bridgehead atoms. The van der Waals surface area contributed by atoms with Gasteiger partial charge in [0.2, 0.25) is 16.7 Å². The lowest BCUT2D eigenvalue weighted by atomic mass is 10.0. The van der Waals surface area contributed by atoms with Crippen LogP contribution in [0.1, 0.15) is 44.4 Å². The van der Waals surface area contributed by atoms with Crippen LogP contribution >= 0.6 is 11.8 Å². The van der Waals surface area contributed by atoms with E-state index in [0.717, 1.165) is 28.6 Å². The smallest absolute Gasteiger partial charge is 0.271 e. The molecule has 2 aliphatic rings. The summed E-state index contributed by atoms with van der Waals surface area (Å²) in [6.45, 7) is 8.91. The first-order valence-corrected chi connectivity index (χ1v) is 11.5. The number of nitrogens with zero attached hydrogens (tertiary/aromatic N) is 3. The number of hydrogen-bond donors (Lipinski definition) is 1. The third-order valence-electron chi connectivity index (χ3n) is 5.29. The van der Waals surface area contributed by atoms with Gasteiger partial charge in [-0.15, -0.1) is 5.10 Å². The summed E-state index contributed by atoms with van der Waals surface area (Å²) >= 11 is 1.08. The minimum atomic E-state index is -1.40. The van der Waals surface area contributed by atoms with Crippen molar-refractivity contribution < 1.29 is 19.1 Å². The molecule has 0 fully saturated rings. The van der Waals surface area contributed by atoms with Gasteiger partial charge < -0.3 is 15.0 Å². The minimum absolute atomic E-state index is 0.0701. The summed E-state index contributed by atoms with van der Waals surface area (Å²) in [6, 6.07) is 13.3. The molecule has 0 aromatic heterocycles. The van der Waals surface area contributed by atoms with E-state index in [9.17, 15) is 14.4 Å². The lowest BCUT2D eigenvalue weighted by molar-refractivity contribution is -0.139. The number of thioether (sulfide) groups is 1. The van der Waals surface area contributed by atoms with Crippen LogP contribution in [0.3, 0.4) is 0 Å². The molecule has 1 atom stereocenters. The van der Waals surface area contributed by atoms with E-state index in [1.165, 1.54) is 18.9 Å². The Bertz CT molecular complexity index is 1160. The van der Waals surface area contributed by atoms with Crippen molar-refractivity contribution in [2.45, 2.75) is 52.1 Å². The Balaban J connectivity index is 1.73. The summed E-state index contributed by atoms with van der Waals surface area (Å²) in [5, 5.41) is 8.32. The molecule has 1 N–H and O–H groups in total. The van der Waals surface area contributed by atoms with Gasteiger partial charge in [0.1, 0.15) is 5.75 Å². The fourth-order valence-corrected chi connectivity index (χ4v) is 5.33. The SMILES string of the molecule is CC(=O)NC1=NN(C(C)=O)C2(S1)C(=O)N(Cc1ccc(OC(C)C)cc1)c1ccc(C)cc12. The highest BCUT2D eigenvalue weighted by atomic mass is 32.2. The zero-order chi connectivity index (χ0) is 23.9. The normalized spacial score (nSPS) is 19.2. The molecule has 9 heteroatoms. The number of carbonyl (C=O) groups excluding carboxylic acids is 3. The molecule has 3 amide bonds. The van der Waals surface area contributed by atoms with E-state index in [1.807, 2.05) is 63.2 Å². The van der Waals surface area contributed by atoms with E-state index in [4.69, 9.17) is 4.74 Å². The number of amides is 3. The van der Waals surface area contributed by atoms with Crippen LogP contribution in [0.5, 0.6) is 5.75 Å². The third-order valence-corrected chi connectivity index (χ3v) is 6.53. The number of fused-ring (bicyclic) bond motifs is 2. The van der Waals surface area contributed by atoms with Gasteiger partial charge in [0.15, 0.2) is 5.17 Å². The Morgan fingerprint density at radius 1 is 1.15 bits per heavy atom. The van der Waals surface area contributed by atoms with Crippen LogP contribution in [0, 0.1) is 6.92 Å². The second kappa shape index (κ2) is 8.55. The molecular weight excluding hydrogens is 440 g/mol. The van der Waals surface area contributed by atoms with Gasteiger partial charge in [0.25, 0.3) is 5.91 Å². The summed E-state index contributed by atoms with van der Waals surface area (Å²) in [7, 11) is 0. The van der Waals surface area contributed by atoms with Crippen LogP contribution in [0.25, 0.3) is 0 Å². The predicted molar refractivity (Wildman–Crippen MR) is 128 cm³/mol. The predicted octanol–water partition coefficient (Wildman–Crippen LogP) is 3.48. The van der Waals surface area contributed by atoms with Crippen molar-refractivity contribution in [3.63, 3.8) is 0 Å². The number of hydrazone groups is 1. The van der Waals surface area contributed by atoms with E-state index < -0.39 is 4.87 Å². The molecule has 0 saturated carbocycles. The summed E-state index contributed by atoms with van der Waals surface area (Å²) in [5.74, 6) is -0.232. The van der Waals surface area contributed by atoms with Gasteiger partial charge >= 0.3 is 0 Å². The maximum atomic E-state index is 14.0. The van der Waals surface area contributed by atoms with Gasteiger partial charge in [-0.1, -0.05) is 29.8 Å². The van der Waals surface area contributed by atoms with E-state index in [-0.39, 0.29) is 29.0 Å². The quantitative estimate of drug-likeness (QED) is 0.745. The number of hydrogen-bond acceptors (Lipinski definition) is 6. The maximum absolute atomic E-state index is 14.0. The number of nitrogens with one attached hydrogen (secondary N) is 1. The zero-order valence-corrected chi connectivity index (χ0v) is 20.0. The van der Waals surface area contributed by atoms with Crippen LogP contribution in [-0.2, 0) is 25.8 Å². The molecule has 8 nitrogen and oxygen atoms in total. The fraction of sp³-hybridized carbons (Fsp3) is 0.333. The number of carbonyl (C=O) groups is 3. The first-order chi connectivity index (χ1) is 15.6. The molecule has 4 rings (SSSR count). The molecule has 1 spiro atoms. The van der Waals surface area contributed by atoms with E-state index in [0.29, 0.717) is 17.8 Å². The molecule has 2 aromatic carbocycles. The second-order valence-electron chi connectivity index (χ2n) is 8.39. The van der Waals surface area contributed by atoms with Crippen LogP contribution in [-0.4, -0.2) is 34.0 Å². The van der Waals surface area contributed by atoms with Crippen molar-refractivity contribution in [1.29, 1.82) is 0 Å². The average Bonchev–Trinajstić information content (AvgIpc) is 3.21. The summed E-state index contributed by atoms with van der Waals surface area (Å²) in [4.78, 5) is 38.5. The molecule has 172 valence electrons. The topological polar surface area (TPSA) is 91.3 Å². The summed E-state index contributed by atoms with van der Waals surface area (Å²) in [5.41, 5.74) is 3.26. The molecule has 1 unspecified atom stereocenters. The molecule has 2 aromatic rings. The van der Waals surface area contributed by atoms with Crippen LogP contribution in [0.15, 0.2) is 47.6 Å². The standard InChI is InChI=1S/C24H26N4O4S/c1-14(2)32-19-9-7-18(8-10-19)13-27-21-11-6-15(3)12-20(21)24(22(27)31)28(17(5)30)26-23(33-24)25-16(4)29/h6-12,14H,13H2,1-5H3,(H,25,26,29). The molecule has 33 heavy (non-hydrogen) atoms. The van der Waals surface area contributed by atoms with Crippen molar-refractivity contribution in [1.82, 2.24) is 10.3 Å². The Morgan fingerprint density at radius 2 is 1.85 bits per heavy atom. The Hall–Kier alpha value is -3.33. The van der Waals surface area contributed by atoms with Gasteiger partial charge in [-0.2, -0.15) is 5.01 Å². The van der Waals surface area contributed by atoms with E-state index in [2.05, 4.69) is 10.4 Å². The average molecular weight is 467 g/mol. The Kier molecular flexibility index (Phi) is 5.92. The highest BCUT2D eigenvalue weighted by Gasteiger charge is 2.61. The summed E-state index contributed by atoms with van der Waals surface area (Å²) < 4.78 is 5.71. The first-order valence-electron chi connectivity index (χ1n) is 10.7. The van der Waals surface area contributed by atoms with Crippen molar-refractivity contribution in [2.24, 2.45) is 5.10 Å². The maximum Gasteiger partial charge on any atom is 0.271 e. The first kappa shape index (κ1) is 22.8. The lowest BCUT2D eigenvalue weighted by Gasteiger charge is -2.29. The Labute approximate surface area is 197 Å². The van der Waals surface area contributed by atoms with Crippen molar-refractivity contribution >= 4 is 40.3 Å². The highest BCUT2D eigenvalue weighted by Crippen LogP contribution is 2.54. The van der Waals surface area contributed by atoms with Gasteiger partial charge in [-0.05, 0) is 56.3 Å². The van der Waals surface area contributed by atoms with E-state index in [1.54, 1.807) is 4.90 Å². The van der Waals surface area contributed by atoms with Crippen LogP contribution < -0.4 is 15.0 Å². The second-order valence-corrected chi connectivity index (χ2v) is 9.57. The highest BCUT2D eigenvalue weighted by molar-refractivity contribution is 8.15. The van der Waals surface area contributed by atoms with Crippen molar-refractivity contribution in [3.8, 4) is 5.75 Å². The number of rotatable bonds is 4. The van der Waals surface area contributed by atoms with Gasteiger partial charge in [-0.3, -0.25) is 14.4 Å². The van der Waals surface area contributed by atoms with Crippen LogP contribution in [0.2, 0.25) is 0 Å². The monoisotopic (exact) mass is 466 g/mol. The number of aryl methyl sites for hydroxylation is 1. The van der Waals surface area contributed by atoms with Gasteiger partial charge in [0, 0.05) is 19.4 Å². The number of amidine groups is 1. The van der Waals surface area contributed by atoms with Gasteiger partial charge in [-0.25, -0.2) is 0 Å². The largest absolute Gasteiger partial charge is 0.491 e. The molecule has 2 heterocycles. The van der Waals surface area contributed by atoms with Crippen molar-refractivity contribution in [3.05, 3.63) is 59.2 Å². The number of ether oxygens (including phenoxy) is 1. The summed E-state index contributed by atoms with van der Waals surface area (Å²) in [6.07, 6.45) is 0.0701. The molecule has 2 aliphatic heterocycles.